The molecule has 0 aliphatic heterocycles. The summed E-state index contributed by atoms with van der Waals surface area (Å²) in [6.45, 7) is 0. The fourth-order valence-electron chi connectivity index (χ4n) is 3.92. The van der Waals surface area contributed by atoms with E-state index in [0.29, 0.717) is 23.6 Å². The second-order valence-electron chi connectivity index (χ2n) is 6.26. The highest BCUT2D eigenvalue weighted by atomic mass is 16.5. The van der Waals surface area contributed by atoms with Crippen LogP contribution in [-0.2, 0) is 9.53 Å². The average Bonchev–Trinajstić information content (AvgIpc) is 3.09. The van der Waals surface area contributed by atoms with E-state index >= 15 is 0 Å². The Morgan fingerprint density at radius 2 is 2.14 bits per heavy atom. The molecule has 4 heteroatoms. The summed E-state index contributed by atoms with van der Waals surface area (Å²) in [4.78, 5) is 23.7. The molecule has 0 aromatic heterocycles. The molecule has 2 bridgehead atoms. The number of anilines is 1. The highest BCUT2D eigenvalue weighted by Gasteiger charge is 2.40. The van der Waals surface area contributed by atoms with E-state index in [-0.39, 0.29) is 11.9 Å². The van der Waals surface area contributed by atoms with Gasteiger partial charge in [-0.3, -0.25) is 4.79 Å². The number of amides is 1. The number of esters is 1. The Kier molecular flexibility index (Phi) is 3.95. The summed E-state index contributed by atoms with van der Waals surface area (Å²) >= 11 is 0. The molecule has 1 aromatic carbocycles. The van der Waals surface area contributed by atoms with Crippen molar-refractivity contribution in [3.8, 4) is 0 Å². The van der Waals surface area contributed by atoms with Gasteiger partial charge in [-0.25, -0.2) is 4.79 Å². The van der Waals surface area contributed by atoms with Gasteiger partial charge in [-0.2, -0.15) is 0 Å². The number of nitrogens with one attached hydrogen (secondary N) is 1. The van der Waals surface area contributed by atoms with Crippen LogP contribution < -0.4 is 5.32 Å². The van der Waals surface area contributed by atoms with Gasteiger partial charge in [0.05, 0.1) is 12.7 Å². The van der Waals surface area contributed by atoms with Crippen molar-refractivity contribution in [2.75, 3.05) is 12.4 Å². The molecule has 3 atom stereocenters. The van der Waals surface area contributed by atoms with Crippen molar-refractivity contribution < 1.29 is 14.3 Å². The first kappa shape index (κ1) is 14.1. The van der Waals surface area contributed by atoms with Crippen molar-refractivity contribution in [3.63, 3.8) is 0 Å². The second-order valence-corrected chi connectivity index (χ2v) is 6.26. The van der Waals surface area contributed by atoms with E-state index in [9.17, 15) is 9.59 Å². The summed E-state index contributed by atoms with van der Waals surface area (Å²) in [5.74, 6) is 1.82. The SMILES string of the molecule is COC(=O)c1cccc(NC(=O)C[C@H]2C[C@H]3CC[C@H]2C3)c1. The van der Waals surface area contributed by atoms with Crippen LogP contribution in [0.25, 0.3) is 0 Å². The number of rotatable bonds is 4. The lowest BCUT2D eigenvalue weighted by molar-refractivity contribution is -0.117. The molecule has 4 nitrogen and oxygen atoms in total. The van der Waals surface area contributed by atoms with Crippen LogP contribution >= 0.6 is 0 Å². The molecule has 2 fully saturated rings. The van der Waals surface area contributed by atoms with E-state index in [0.717, 1.165) is 11.8 Å². The predicted molar refractivity (Wildman–Crippen MR) is 80.0 cm³/mol. The standard InChI is InChI=1S/C17H21NO3/c1-21-17(20)13-3-2-4-15(9-13)18-16(19)10-14-8-11-5-6-12(14)7-11/h2-4,9,11-12,14H,5-8,10H2,1H3,(H,18,19)/t11-,12-,14+/m0/s1. The highest BCUT2D eigenvalue weighted by molar-refractivity contribution is 5.94. The quantitative estimate of drug-likeness (QED) is 0.865. The molecule has 112 valence electrons. The van der Waals surface area contributed by atoms with Crippen LogP contribution in [-0.4, -0.2) is 19.0 Å². The third kappa shape index (κ3) is 3.09. The smallest absolute Gasteiger partial charge is 0.337 e. The van der Waals surface area contributed by atoms with Gasteiger partial charge in [0.25, 0.3) is 0 Å². The summed E-state index contributed by atoms with van der Waals surface area (Å²) in [6.07, 6.45) is 5.77. The topological polar surface area (TPSA) is 55.4 Å². The fraction of sp³-hybridized carbons (Fsp3) is 0.529. The van der Waals surface area contributed by atoms with E-state index < -0.39 is 0 Å². The molecule has 1 amide bonds. The Bertz CT molecular complexity index is 555. The van der Waals surface area contributed by atoms with Gasteiger partial charge in [-0.05, 0) is 55.2 Å². The van der Waals surface area contributed by atoms with Crippen LogP contribution in [0.15, 0.2) is 24.3 Å². The van der Waals surface area contributed by atoms with E-state index in [1.54, 1.807) is 24.3 Å². The minimum atomic E-state index is -0.390. The first-order chi connectivity index (χ1) is 10.2. The molecule has 0 heterocycles. The molecule has 2 aliphatic carbocycles. The molecule has 3 rings (SSSR count). The lowest BCUT2D eigenvalue weighted by Crippen LogP contribution is -2.20. The van der Waals surface area contributed by atoms with Crippen molar-refractivity contribution >= 4 is 17.6 Å². The number of ether oxygens (including phenoxy) is 1. The third-order valence-corrected chi connectivity index (χ3v) is 4.90. The zero-order valence-corrected chi connectivity index (χ0v) is 12.3. The summed E-state index contributed by atoms with van der Waals surface area (Å²) in [5.41, 5.74) is 1.11. The molecular formula is C17H21NO3. The van der Waals surface area contributed by atoms with Crippen LogP contribution in [0, 0.1) is 17.8 Å². The monoisotopic (exact) mass is 287 g/mol. The van der Waals surface area contributed by atoms with Gasteiger partial charge in [0.2, 0.25) is 5.91 Å². The predicted octanol–water partition coefficient (Wildman–Crippen LogP) is 3.24. The van der Waals surface area contributed by atoms with Crippen molar-refractivity contribution in [2.45, 2.75) is 32.1 Å². The zero-order valence-electron chi connectivity index (χ0n) is 12.3. The summed E-state index contributed by atoms with van der Waals surface area (Å²) in [6, 6.07) is 6.88. The van der Waals surface area contributed by atoms with Gasteiger partial charge in [-0.1, -0.05) is 12.5 Å². The Morgan fingerprint density at radius 1 is 1.29 bits per heavy atom. The van der Waals surface area contributed by atoms with Gasteiger partial charge >= 0.3 is 5.97 Å². The van der Waals surface area contributed by atoms with Crippen LogP contribution in [0.4, 0.5) is 5.69 Å². The van der Waals surface area contributed by atoms with Gasteiger partial charge in [0, 0.05) is 12.1 Å². The molecule has 0 saturated heterocycles. The van der Waals surface area contributed by atoms with Gasteiger partial charge in [-0.15, -0.1) is 0 Å². The average molecular weight is 287 g/mol. The number of carbonyl (C=O) groups excluding carboxylic acids is 2. The second kappa shape index (κ2) is 5.88. The first-order valence-corrected chi connectivity index (χ1v) is 7.64. The number of hydrogen-bond acceptors (Lipinski definition) is 3. The summed E-state index contributed by atoms with van der Waals surface area (Å²) in [7, 11) is 1.35. The number of benzene rings is 1. The van der Waals surface area contributed by atoms with Gasteiger partial charge in [0.1, 0.15) is 0 Å². The number of carbonyl (C=O) groups is 2. The Labute approximate surface area is 124 Å². The number of fused-ring (bicyclic) bond motifs is 2. The molecule has 1 N–H and O–H groups in total. The fourth-order valence-corrected chi connectivity index (χ4v) is 3.92. The molecular weight excluding hydrogens is 266 g/mol. The minimum Gasteiger partial charge on any atom is -0.465 e. The minimum absolute atomic E-state index is 0.0505. The van der Waals surface area contributed by atoms with Crippen LogP contribution in [0.5, 0.6) is 0 Å². The van der Waals surface area contributed by atoms with Crippen molar-refractivity contribution in [2.24, 2.45) is 17.8 Å². The maximum absolute atomic E-state index is 12.2. The van der Waals surface area contributed by atoms with Gasteiger partial charge in [0.15, 0.2) is 0 Å². The summed E-state index contributed by atoms with van der Waals surface area (Å²) < 4.78 is 4.69. The first-order valence-electron chi connectivity index (χ1n) is 7.64. The molecule has 21 heavy (non-hydrogen) atoms. The van der Waals surface area contributed by atoms with E-state index in [1.807, 2.05) is 0 Å². The van der Waals surface area contributed by atoms with Crippen LogP contribution in [0.1, 0.15) is 42.5 Å². The lowest BCUT2D eigenvalue weighted by atomic mass is 9.86. The Hall–Kier alpha value is -1.84. The lowest BCUT2D eigenvalue weighted by Gasteiger charge is -2.20. The summed E-state index contributed by atoms with van der Waals surface area (Å²) in [5, 5.41) is 2.90. The largest absolute Gasteiger partial charge is 0.465 e. The maximum Gasteiger partial charge on any atom is 0.337 e. The van der Waals surface area contributed by atoms with E-state index in [4.69, 9.17) is 0 Å². The highest BCUT2D eigenvalue weighted by Crippen LogP contribution is 2.49. The van der Waals surface area contributed by atoms with Crippen LogP contribution in [0.2, 0.25) is 0 Å². The maximum atomic E-state index is 12.2. The number of methoxy groups -OCH3 is 1. The number of hydrogen-bond donors (Lipinski definition) is 1. The van der Waals surface area contributed by atoms with Crippen molar-refractivity contribution in [3.05, 3.63) is 29.8 Å². The Morgan fingerprint density at radius 3 is 2.81 bits per heavy atom. The molecule has 0 unspecified atom stereocenters. The van der Waals surface area contributed by atoms with Gasteiger partial charge < -0.3 is 10.1 Å². The molecule has 0 radical (unpaired) electrons. The van der Waals surface area contributed by atoms with Crippen molar-refractivity contribution in [1.82, 2.24) is 0 Å². The molecule has 2 aliphatic rings. The van der Waals surface area contributed by atoms with Crippen LogP contribution in [0.3, 0.4) is 0 Å². The molecule has 1 aromatic rings. The molecule has 2 saturated carbocycles. The van der Waals surface area contributed by atoms with E-state index in [2.05, 4.69) is 10.1 Å². The molecule has 0 spiro atoms. The third-order valence-electron chi connectivity index (χ3n) is 4.90. The normalized spacial score (nSPS) is 26.6. The van der Waals surface area contributed by atoms with Crippen molar-refractivity contribution in [1.29, 1.82) is 0 Å². The van der Waals surface area contributed by atoms with E-state index in [1.165, 1.54) is 32.8 Å². The zero-order chi connectivity index (χ0) is 14.8. The Balaban J connectivity index is 1.58.